The Morgan fingerprint density at radius 3 is 2.73 bits per heavy atom. The Kier molecular flexibility index (Phi) is 4.79. The standard InChI is InChI=1S/C19H16O7/c1-24-16-8-11(2-5-14(16)25-7-6-18(21)22)9-17-19(23)13-4-3-12(20)10-15(13)26-17/h2-5,8-10,20H,6-7H2,1H3,(H,21,22). The highest BCUT2D eigenvalue weighted by molar-refractivity contribution is 6.14. The van der Waals surface area contributed by atoms with Crippen LogP contribution in [0.25, 0.3) is 6.08 Å². The number of rotatable bonds is 6. The summed E-state index contributed by atoms with van der Waals surface area (Å²) in [7, 11) is 1.46. The summed E-state index contributed by atoms with van der Waals surface area (Å²) < 4.78 is 16.2. The van der Waals surface area contributed by atoms with Crippen LogP contribution >= 0.6 is 0 Å². The summed E-state index contributed by atoms with van der Waals surface area (Å²) in [4.78, 5) is 22.9. The van der Waals surface area contributed by atoms with Gasteiger partial charge in [-0.05, 0) is 35.9 Å². The molecule has 1 aliphatic rings. The highest BCUT2D eigenvalue weighted by atomic mass is 16.5. The maximum atomic E-state index is 12.4. The van der Waals surface area contributed by atoms with Crippen LogP contribution < -0.4 is 14.2 Å². The second-order valence-corrected chi connectivity index (χ2v) is 5.52. The molecule has 1 aliphatic heterocycles. The molecule has 134 valence electrons. The molecule has 26 heavy (non-hydrogen) atoms. The van der Waals surface area contributed by atoms with Gasteiger partial charge in [0, 0.05) is 6.07 Å². The molecule has 2 N–H and O–H groups in total. The Morgan fingerprint density at radius 2 is 2.00 bits per heavy atom. The largest absolute Gasteiger partial charge is 0.508 e. The van der Waals surface area contributed by atoms with E-state index < -0.39 is 5.97 Å². The molecule has 0 spiro atoms. The van der Waals surface area contributed by atoms with E-state index in [4.69, 9.17) is 19.3 Å². The van der Waals surface area contributed by atoms with Crippen molar-refractivity contribution in [3.8, 4) is 23.0 Å². The first-order chi connectivity index (χ1) is 12.5. The van der Waals surface area contributed by atoms with E-state index in [0.717, 1.165) is 0 Å². The zero-order valence-electron chi connectivity index (χ0n) is 13.9. The summed E-state index contributed by atoms with van der Waals surface area (Å²) in [5.74, 6) is 0.0399. The van der Waals surface area contributed by atoms with Crippen LogP contribution in [0.5, 0.6) is 23.0 Å². The first kappa shape index (κ1) is 17.3. The van der Waals surface area contributed by atoms with Gasteiger partial charge in [-0.3, -0.25) is 9.59 Å². The topological polar surface area (TPSA) is 102 Å². The second-order valence-electron chi connectivity index (χ2n) is 5.52. The molecule has 0 unspecified atom stereocenters. The summed E-state index contributed by atoms with van der Waals surface area (Å²) in [5.41, 5.74) is 1.03. The average molecular weight is 356 g/mol. The normalized spacial score (nSPS) is 14.0. The number of phenolic OH excluding ortho intramolecular Hbond substituents is 1. The van der Waals surface area contributed by atoms with Crippen molar-refractivity contribution in [1.82, 2.24) is 0 Å². The molecule has 0 radical (unpaired) electrons. The van der Waals surface area contributed by atoms with Crippen LogP contribution in [-0.4, -0.2) is 35.7 Å². The minimum atomic E-state index is -0.951. The van der Waals surface area contributed by atoms with Crippen molar-refractivity contribution < 1.29 is 34.0 Å². The predicted octanol–water partition coefficient (Wildman–Crippen LogP) is 2.87. The number of benzene rings is 2. The first-order valence-electron chi connectivity index (χ1n) is 7.78. The fourth-order valence-electron chi connectivity index (χ4n) is 2.47. The molecule has 0 saturated carbocycles. The molecule has 0 saturated heterocycles. The van der Waals surface area contributed by atoms with Crippen LogP contribution in [0.4, 0.5) is 0 Å². The monoisotopic (exact) mass is 356 g/mol. The van der Waals surface area contributed by atoms with Crippen LogP contribution in [0.3, 0.4) is 0 Å². The minimum Gasteiger partial charge on any atom is -0.508 e. The molecule has 2 aromatic rings. The van der Waals surface area contributed by atoms with Crippen LogP contribution in [-0.2, 0) is 4.79 Å². The number of hydrogen-bond donors (Lipinski definition) is 2. The molecule has 2 aromatic carbocycles. The average Bonchev–Trinajstić information content (AvgIpc) is 2.90. The van der Waals surface area contributed by atoms with E-state index in [1.54, 1.807) is 24.3 Å². The molecule has 1 heterocycles. The smallest absolute Gasteiger partial charge is 0.306 e. The summed E-state index contributed by atoms with van der Waals surface area (Å²) in [6.07, 6.45) is 1.44. The summed E-state index contributed by atoms with van der Waals surface area (Å²) in [6.45, 7) is 0.0204. The fourth-order valence-corrected chi connectivity index (χ4v) is 2.47. The van der Waals surface area contributed by atoms with Gasteiger partial charge < -0.3 is 24.4 Å². The lowest BCUT2D eigenvalue weighted by Crippen LogP contribution is -2.05. The van der Waals surface area contributed by atoms with Crippen molar-refractivity contribution in [3.63, 3.8) is 0 Å². The number of hydrogen-bond acceptors (Lipinski definition) is 6. The molecule has 0 aliphatic carbocycles. The molecular formula is C19H16O7. The molecule has 7 nitrogen and oxygen atoms in total. The zero-order chi connectivity index (χ0) is 18.7. The second kappa shape index (κ2) is 7.18. The summed E-state index contributed by atoms with van der Waals surface area (Å²) in [6, 6.07) is 9.30. The highest BCUT2D eigenvalue weighted by Crippen LogP contribution is 2.35. The van der Waals surface area contributed by atoms with Crippen molar-refractivity contribution in [3.05, 3.63) is 53.3 Å². The van der Waals surface area contributed by atoms with Crippen LogP contribution in [0.15, 0.2) is 42.2 Å². The van der Waals surface area contributed by atoms with Crippen molar-refractivity contribution in [1.29, 1.82) is 0 Å². The summed E-state index contributed by atoms with van der Waals surface area (Å²) >= 11 is 0. The van der Waals surface area contributed by atoms with Gasteiger partial charge in [0.1, 0.15) is 11.5 Å². The quantitative estimate of drug-likeness (QED) is 0.767. The van der Waals surface area contributed by atoms with Gasteiger partial charge in [0.2, 0.25) is 5.78 Å². The molecule has 0 aromatic heterocycles. The zero-order valence-corrected chi connectivity index (χ0v) is 13.9. The molecule has 0 fully saturated rings. The maximum absolute atomic E-state index is 12.4. The van der Waals surface area contributed by atoms with Gasteiger partial charge in [-0.15, -0.1) is 0 Å². The van der Waals surface area contributed by atoms with Gasteiger partial charge in [0.25, 0.3) is 0 Å². The number of ether oxygens (including phenoxy) is 3. The fraction of sp³-hybridized carbons (Fsp3) is 0.158. The van der Waals surface area contributed by atoms with Crippen LogP contribution in [0.2, 0.25) is 0 Å². The number of methoxy groups -OCH3 is 1. The van der Waals surface area contributed by atoms with Gasteiger partial charge >= 0.3 is 5.97 Å². The van der Waals surface area contributed by atoms with Crippen LogP contribution in [0, 0.1) is 0 Å². The van der Waals surface area contributed by atoms with E-state index >= 15 is 0 Å². The number of carbonyl (C=O) groups excluding carboxylic acids is 1. The van der Waals surface area contributed by atoms with E-state index in [0.29, 0.717) is 28.4 Å². The Morgan fingerprint density at radius 1 is 1.19 bits per heavy atom. The number of allylic oxidation sites excluding steroid dienone is 1. The molecule has 0 atom stereocenters. The van der Waals surface area contributed by atoms with Crippen molar-refractivity contribution in [2.75, 3.05) is 13.7 Å². The highest BCUT2D eigenvalue weighted by Gasteiger charge is 2.27. The third kappa shape index (κ3) is 3.61. The lowest BCUT2D eigenvalue weighted by atomic mass is 10.1. The molecule has 0 amide bonds. The Hall–Kier alpha value is -3.48. The van der Waals surface area contributed by atoms with E-state index in [2.05, 4.69) is 0 Å². The predicted molar refractivity (Wildman–Crippen MR) is 91.8 cm³/mol. The number of carbonyl (C=O) groups is 2. The first-order valence-corrected chi connectivity index (χ1v) is 7.78. The molecular weight excluding hydrogens is 340 g/mol. The van der Waals surface area contributed by atoms with Crippen LogP contribution in [0.1, 0.15) is 22.3 Å². The number of ketones is 1. The lowest BCUT2D eigenvalue weighted by molar-refractivity contribution is -0.137. The molecule has 0 bridgehead atoms. The number of aliphatic carboxylic acids is 1. The Bertz CT molecular complexity index is 899. The Balaban J connectivity index is 1.81. The Labute approximate surface area is 149 Å². The number of carboxylic acid groups (broad SMARTS) is 1. The van der Waals surface area contributed by atoms with Crippen molar-refractivity contribution >= 4 is 17.8 Å². The van der Waals surface area contributed by atoms with Crippen molar-refractivity contribution in [2.24, 2.45) is 0 Å². The lowest BCUT2D eigenvalue weighted by Gasteiger charge is -2.10. The molecule has 3 rings (SSSR count). The number of aromatic hydroxyl groups is 1. The third-order valence-electron chi connectivity index (χ3n) is 3.71. The third-order valence-corrected chi connectivity index (χ3v) is 3.71. The van der Waals surface area contributed by atoms with E-state index in [1.807, 2.05) is 0 Å². The van der Waals surface area contributed by atoms with Gasteiger partial charge in [0.05, 0.1) is 25.7 Å². The number of carboxylic acids is 1. The maximum Gasteiger partial charge on any atom is 0.306 e. The van der Waals surface area contributed by atoms with Gasteiger partial charge in [0.15, 0.2) is 17.3 Å². The summed E-state index contributed by atoms with van der Waals surface area (Å²) in [5, 5.41) is 18.1. The molecule has 7 heteroatoms. The van der Waals surface area contributed by atoms with E-state index in [1.165, 1.54) is 25.3 Å². The number of fused-ring (bicyclic) bond motifs is 1. The van der Waals surface area contributed by atoms with Gasteiger partial charge in [-0.2, -0.15) is 0 Å². The number of Topliss-reactive ketones (excluding diaryl/α,β-unsaturated/α-hetero) is 1. The number of phenols is 1. The SMILES string of the molecule is COc1cc(C=C2Oc3cc(O)ccc3C2=O)ccc1OCCC(=O)O. The van der Waals surface area contributed by atoms with Gasteiger partial charge in [-0.1, -0.05) is 6.07 Å². The van der Waals surface area contributed by atoms with Gasteiger partial charge in [-0.25, -0.2) is 0 Å². The van der Waals surface area contributed by atoms with Crippen molar-refractivity contribution in [2.45, 2.75) is 6.42 Å². The minimum absolute atomic E-state index is 0.0160. The van der Waals surface area contributed by atoms with E-state index in [9.17, 15) is 14.7 Å². The van der Waals surface area contributed by atoms with E-state index in [-0.39, 0.29) is 30.3 Å².